The summed E-state index contributed by atoms with van der Waals surface area (Å²) in [4.78, 5) is 13.7. The number of hydrogen-bond acceptors (Lipinski definition) is 4. The monoisotopic (exact) mass is 338 g/mol. The van der Waals surface area contributed by atoms with Crippen LogP contribution in [0.25, 0.3) is 0 Å². The first-order chi connectivity index (χ1) is 10.8. The zero-order valence-electron chi connectivity index (χ0n) is 13.4. The van der Waals surface area contributed by atoms with E-state index in [1.807, 2.05) is 0 Å². The van der Waals surface area contributed by atoms with E-state index in [1.54, 1.807) is 13.8 Å². The molecule has 1 saturated carbocycles. The summed E-state index contributed by atoms with van der Waals surface area (Å²) < 4.78 is 27.4. The molecule has 1 aliphatic carbocycles. The van der Waals surface area contributed by atoms with Gasteiger partial charge in [0.05, 0.1) is 10.5 Å². The molecule has 1 heterocycles. The van der Waals surface area contributed by atoms with Crippen molar-refractivity contribution in [1.82, 2.24) is 9.21 Å². The summed E-state index contributed by atoms with van der Waals surface area (Å²) in [6, 6.07) is 3.44. The molecule has 23 heavy (non-hydrogen) atoms. The Labute approximate surface area is 136 Å². The van der Waals surface area contributed by atoms with Crippen molar-refractivity contribution >= 4 is 16.0 Å². The average molecular weight is 338 g/mol. The van der Waals surface area contributed by atoms with Crippen LogP contribution in [-0.4, -0.2) is 60.9 Å². The van der Waals surface area contributed by atoms with Gasteiger partial charge in [0.15, 0.2) is 0 Å². The number of piperazine rings is 1. The first-order valence-electron chi connectivity index (χ1n) is 7.89. The van der Waals surface area contributed by atoms with Gasteiger partial charge in [0.25, 0.3) is 0 Å². The fraction of sp³-hybridized carbons (Fsp3) is 0.562. The molecule has 7 heteroatoms. The van der Waals surface area contributed by atoms with Gasteiger partial charge < -0.3 is 5.11 Å². The molecule has 126 valence electrons. The normalized spacial score (nSPS) is 20.6. The number of aromatic carboxylic acids is 1. The van der Waals surface area contributed by atoms with Gasteiger partial charge in [-0.15, -0.1) is 0 Å². The van der Waals surface area contributed by atoms with Crippen LogP contribution in [0.4, 0.5) is 0 Å². The number of rotatable bonds is 4. The molecule has 1 aromatic rings. The highest BCUT2D eigenvalue weighted by Crippen LogP contribution is 2.30. The van der Waals surface area contributed by atoms with Crippen LogP contribution in [-0.2, 0) is 10.0 Å². The molecule has 1 aromatic carbocycles. The number of sulfonamides is 1. The number of carboxylic acid groups (broad SMARTS) is 1. The summed E-state index contributed by atoms with van der Waals surface area (Å²) in [6.45, 7) is 5.91. The van der Waals surface area contributed by atoms with E-state index in [0.717, 1.165) is 13.1 Å². The molecule has 0 bridgehead atoms. The second-order valence-corrected chi connectivity index (χ2v) is 8.30. The third-order valence-electron chi connectivity index (χ3n) is 4.82. The highest BCUT2D eigenvalue weighted by Gasteiger charge is 2.35. The van der Waals surface area contributed by atoms with E-state index in [1.165, 1.54) is 29.3 Å². The van der Waals surface area contributed by atoms with E-state index in [-0.39, 0.29) is 10.5 Å². The third-order valence-corrected chi connectivity index (χ3v) is 6.85. The summed E-state index contributed by atoms with van der Waals surface area (Å²) in [5.74, 6) is -1.11. The van der Waals surface area contributed by atoms with E-state index >= 15 is 0 Å². The van der Waals surface area contributed by atoms with E-state index in [9.17, 15) is 18.3 Å². The van der Waals surface area contributed by atoms with Gasteiger partial charge in [-0.25, -0.2) is 13.2 Å². The van der Waals surface area contributed by atoms with Gasteiger partial charge in [0.1, 0.15) is 0 Å². The van der Waals surface area contributed by atoms with Crippen molar-refractivity contribution < 1.29 is 18.3 Å². The lowest BCUT2D eigenvalue weighted by atomic mass is 10.1. The lowest BCUT2D eigenvalue weighted by Gasteiger charge is -2.34. The number of aryl methyl sites for hydroxylation is 1. The lowest BCUT2D eigenvalue weighted by molar-refractivity contribution is 0.0696. The molecule has 6 nitrogen and oxygen atoms in total. The van der Waals surface area contributed by atoms with E-state index in [2.05, 4.69) is 4.90 Å². The smallest absolute Gasteiger partial charge is 0.335 e. The molecular formula is C16H22N2O4S. The van der Waals surface area contributed by atoms with Crippen LogP contribution in [0.5, 0.6) is 0 Å². The molecule has 1 aliphatic heterocycles. The van der Waals surface area contributed by atoms with Gasteiger partial charge in [0, 0.05) is 32.2 Å². The average Bonchev–Trinajstić information content (AvgIpc) is 3.34. The Balaban J connectivity index is 1.89. The highest BCUT2D eigenvalue weighted by molar-refractivity contribution is 7.89. The summed E-state index contributed by atoms with van der Waals surface area (Å²) in [5, 5.41) is 9.19. The molecule has 1 N–H and O–H groups in total. The maximum absolute atomic E-state index is 12.9. The number of carbonyl (C=O) groups is 1. The molecule has 3 rings (SSSR count). The van der Waals surface area contributed by atoms with E-state index in [0.29, 0.717) is 30.3 Å². The Morgan fingerprint density at radius 3 is 2.26 bits per heavy atom. The predicted molar refractivity (Wildman–Crippen MR) is 86.2 cm³/mol. The zero-order chi connectivity index (χ0) is 16.8. The molecule has 0 spiro atoms. The largest absolute Gasteiger partial charge is 0.478 e. The van der Waals surface area contributed by atoms with Gasteiger partial charge in [0.2, 0.25) is 10.0 Å². The number of benzene rings is 1. The van der Waals surface area contributed by atoms with Gasteiger partial charge in [-0.1, -0.05) is 0 Å². The molecule has 0 aromatic heterocycles. The maximum Gasteiger partial charge on any atom is 0.335 e. The number of nitrogens with zero attached hydrogens (tertiary/aromatic N) is 2. The summed E-state index contributed by atoms with van der Waals surface area (Å²) in [7, 11) is -3.66. The topological polar surface area (TPSA) is 77.9 Å². The van der Waals surface area contributed by atoms with Crippen LogP contribution in [0.1, 0.15) is 34.3 Å². The second kappa shape index (κ2) is 5.89. The predicted octanol–water partition coefficient (Wildman–Crippen LogP) is 1.47. The van der Waals surface area contributed by atoms with Crippen molar-refractivity contribution in [2.45, 2.75) is 37.6 Å². The Morgan fingerprint density at radius 1 is 1.13 bits per heavy atom. The summed E-state index contributed by atoms with van der Waals surface area (Å²) >= 11 is 0. The molecule has 0 radical (unpaired) electrons. The molecule has 2 fully saturated rings. The zero-order valence-corrected chi connectivity index (χ0v) is 14.3. The van der Waals surface area contributed by atoms with E-state index in [4.69, 9.17) is 0 Å². The molecular weight excluding hydrogens is 316 g/mol. The molecule has 1 saturated heterocycles. The van der Waals surface area contributed by atoms with Crippen LogP contribution in [0.2, 0.25) is 0 Å². The maximum atomic E-state index is 12.9. The third kappa shape index (κ3) is 3.13. The SMILES string of the molecule is Cc1cc(C(=O)O)cc(S(=O)(=O)N2CCN(C3CC3)CC2)c1C. The highest BCUT2D eigenvalue weighted by atomic mass is 32.2. The van der Waals surface area contributed by atoms with Crippen LogP contribution >= 0.6 is 0 Å². The Kier molecular flexibility index (Phi) is 4.20. The van der Waals surface area contributed by atoms with Crippen molar-refractivity contribution in [3.8, 4) is 0 Å². The number of carboxylic acids is 1. The van der Waals surface area contributed by atoms with Crippen LogP contribution in [0, 0.1) is 13.8 Å². The minimum absolute atomic E-state index is 0.0169. The van der Waals surface area contributed by atoms with Crippen molar-refractivity contribution in [3.05, 3.63) is 28.8 Å². The summed E-state index contributed by atoms with van der Waals surface area (Å²) in [5.41, 5.74) is 1.32. The van der Waals surface area contributed by atoms with Crippen molar-refractivity contribution in [1.29, 1.82) is 0 Å². The van der Waals surface area contributed by atoms with Gasteiger partial charge in [-0.3, -0.25) is 4.90 Å². The number of hydrogen-bond donors (Lipinski definition) is 1. The molecule has 0 unspecified atom stereocenters. The van der Waals surface area contributed by atoms with Gasteiger partial charge >= 0.3 is 5.97 Å². The van der Waals surface area contributed by atoms with Gasteiger partial charge in [-0.2, -0.15) is 4.31 Å². The second-order valence-electron chi connectivity index (χ2n) is 6.39. The van der Waals surface area contributed by atoms with E-state index < -0.39 is 16.0 Å². The van der Waals surface area contributed by atoms with Crippen LogP contribution in [0.15, 0.2) is 17.0 Å². The Hall–Kier alpha value is -1.44. The Bertz CT molecular complexity index is 733. The van der Waals surface area contributed by atoms with Gasteiger partial charge in [-0.05, 0) is 49.9 Å². The van der Waals surface area contributed by atoms with Crippen LogP contribution < -0.4 is 0 Å². The fourth-order valence-corrected chi connectivity index (χ4v) is 4.85. The molecule has 2 aliphatic rings. The quantitative estimate of drug-likeness (QED) is 0.899. The van der Waals surface area contributed by atoms with Crippen molar-refractivity contribution in [2.75, 3.05) is 26.2 Å². The standard InChI is InChI=1S/C16H22N2O4S/c1-11-9-13(16(19)20)10-15(12(11)2)23(21,22)18-7-5-17(6-8-18)14-3-4-14/h9-10,14H,3-8H2,1-2H3,(H,19,20). The lowest BCUT2D eigenvalue weighted by Crippen LogP contribution is -2.49. The minimum atomic E-state index is -3.66. The minimum Gasteiger partial charge on any atom is -0.478 e. The fourth-order valence-electron chi connectivity index (χ4n) is 3.11. The van der Waals surface area contributed by atoms with Crippen LogP contribution in [0.3, 0.4) is 0 Å². The Morgan fingerprint density at radius 2 is 1.74 bits per heavy atom. The first-order valence-corrected chi connectivity index (χ1v) is 9.33. The van der Waals surface area contributed by atoms with Crippen molar-refractivity contribution in [3.63, 3.8) is 0 Å². The molecule has 0 amide bonds. The summed E-state index contributed by atoms with van der Waals surface area (Å²) in [6.07, 6.45) is 2.43. The molecule has 0 atom stereocenters. The van der Waals surface area contributed by atoms with Crippen molar-refractivity contribution in [2.24, 2.45) is 0 Å². The first kappa shape index (κ1) is 16.4.